The Morgan fingerprint density at radius 2 is 2.22 bits per heavy atom. The Bertz CT molecular complexity index is 521. The van der Waals surface area contributed by atoms with Crippen LogP contribution in [-0.2, 0) is 14.9 Å². The molecule has 0 radical (unpaired) electrons. The summed E-state index contributed by atoms with van der Waals surface area (Å²) in [4.78, 5) is 12.2. The van der Waals surface area contributed by atoms with E-state index in [-0.39, 0.29) is 11.3 Å². The van der Waals surface area contributed by atoms with E-state index in [1.165, 1.54) is 0 Å². The lowest BCUT2D eigenvalue weighted by molar-refractivity contribution is -0.122. The van der Waals surface area contributed by atoms with Gasteiger partial charge in [-0.1, -0.05) is 23.7 Å². The number of benzene rings is 1. The first-order chi connectivity index (χ1) is 11.1. The first kappa shape index (κ1) is 18.6. The molecule has 1 fully saturated rings. The number of nitrogens with two attached hydrogens (primary N) is 1. The van der Waals surface area contributed by atoms with Gasteiger partial charge in [0, 0.05) is 30.2 Å². The third-order valence-corrected chi connectivity index (χ3v) is 5.34. The molecule has 0 aliphatic carbocycles. The first-order valence-electron chi connectivity index (χ1n) is 7.93. The molecule has 0 spiro atoms. The highest BCUT2D eigenvalue weighted by atomic mass is 35.5. The number of rotatable bonds is 7. The number of nitrogens with one attached hydrogen (secondary N) is 1. The van der Waals surface area contributed by atoms with E-state index in [4.69, 9.17) is 22.1 Å². The zero-order valence-corrected chi connectivity index (χ0v) is 15.1. The molecule has 1 aromatic rings. The zero-order valence-electron chi connectivity index (χ0n) is 13.5. The van der Waals surface area contributed by atoms with Crippen molar-refractivity contribution < 1.29 is 9.53 Å². The summed E-state index contributed by atoms with van der Waals surface area (Å²) in [7, 11) is 0. The van der Waals surface area contributed by atoms with Crippen LogP contribution in [0.4, 0.5) is 0 Å². The first-order valence-corrected chi connectivity index (χ1v) is 9.71. The van der Waals surface area contributed by atoms with Crippen molar-refractivity contribution in [2.45, 2.75) is 30.7 Å². The van der Waals surface area contributed by atoms with Crippen LogP contribution in [0.3, 0.4) is 0 Å². The quantitative estimate of drug-likeness (QED) is 0.788. The third kappa shape index (κ3) is 5.11. The molecular weight excluding hydrogens is 332 g/mol. The fourth-order valence-corrected chi connectivity index (χ4v) is 3.59. The highest BCUT2D eigenvalue weighted by Gasteiger charge is 2.35. The third-order valence-electron chi connectivity index (χ3n) is 4.46. The van der Waals surface area contributed by atoms with Crippen molar-refractivity contribution >= 4 is 29.3 Å². The molecule has 0 aromatic heterocycles. The maximum atomic E-state index is 12.2. The molecule has 1 aliphatic rings. The summed E-state index contributed by atoms with van der Waals surface area (Å²) in [5.74, 6) is 0.814. The minimum absolute atomic E-state index is 0.0769. The summed E-state index contributed by atoms with van der Waals surface area (Å²) >= 11 is 7.86. The lowest BCUT2D eigenvalue weighted by Gasteiger charge is -2.38. The predicted molar refractivity (Wildman–Crippen MR) is 97.2 cm³/mol. The van der Waals surface area contributed by atoms with Crippen LogP contribution in [-0.4, -0.2) is 43.7 Å². The van der Waals surface area contributed by atoms with Gasteiger partial charge in [0.15, 0.2) is 0 Å². The second-order valence-electron chi connectivity index (χ2n) is 6.01. The summed E-state index contributed by atoms with van der Waals surface area (Å²) in [6.07, 6.45) is 4.45. The number of hydrogen-bond acceptors (Lipinski definition) is 4. The fourth-order valence-electron chi connectivity index (χ4n) is 2.91. The van der Waals surface area contributed by atoms with E-state index >= 15 is 0 Å². The van der Waals surface area contributed by atoms with E-state index < -0.39 is 6.04 Å². The Hall–Kier alpha value is -0.750. The van der Waals surface area contributed by atoms with Gasteiger partial charge in [-0.25, -0.2) is 0 Å². The molecule has 0 saturated carbocycles. The van der Waals surface area contributed by atoms with Crippen molar-refractivity contribution in [1.29, 1.82) is 0 Å². The smallest absolute Gasteiger partial charge is 0.236 e. The van der Waals surface area contributed by atoms with Gasteiger partial charge in [0.25, 0.3) is 0 Å². The summed E-state index contributed by atoms with van der Waals surface area (Å²) in [5.41, 5.74) is 6.99. The highest BCUT2D eigenvalue weighted by molar-refractivity contribution is 7.98. The van der Waals surface area contributed by atoms with Crippen LogP contribution < -0.4 is 11.1 Å². The van der Waals surface area contributed by atoms with E-state index in [1.807, 2.05) is 24.5 Å². The Kier molecular flexibility index (Phi) is 7.21. The van der Waals surface area contributed by atoms with Gasteiger partial charge < -0.3 is 15.8 Å². The van der Waals surface area contributed by atoms with Crippen molar-refractivity contribution in [3.8, 4) is 0 Å². The van der Waals surface area contributed by atoms with Gasteiger partial charge >= 0.3 is 0 Å². The average Bonchev–Trinajstić information content (AvgIpc) is 2.58. The lowest BCUT2D eigenvalue weighted by atomic mass is 9.74. The predicted octanol–water partition coefficient (Wildman–Crippen LogP) is 2.58. The van der Waals surface area contributed by atoms with Gasteiger partial charge in [-0.15, -0.1) is 0 Å². The SMILES string of the molecule is CSCC[C@H](N)C(=O)NCC1(c2cccc(Cl)c2)CCOCC1. The van der Waals surface area contributed by atoms with Crippen LogP contribution in [0.25, 0.3) is 0 Å². The molecule has 1 atom stereocenters. The van der Waals surface area contributed by atoms with Crippen molar-refractivity contribution in [2.75, 3.05) is 31.8 Å². The maximum absolute atomic E-state index is 12.2. The number of carbonyl (C=O) groups is 1. The number of hydrogen-bond donors (Lipinski definition) is 2. The molecule has 2 rings (SSSR count). The van der Waals surface area contributed by atoms with E-state index in [1.54, 1.807) is 11.8 Å². The number of carbonyl (C=O) groups excluding carboxylic acids is 1. The average molecular weight is 357 g/mol. The second kappa shape index (κ2) is 8.92. The molecule has 4 nitrogen and oxygen atoms in total. The molecule has 1 heterocycles. The number of thioether (sulfide) groups is 1. The van der Waals surface area contributed by atoms with E-state index in [2.05, 4.69) is 11.4 Å². The highest BCUT2D eigenvalue weighted by Crippen LogP contribution is 2.35. The van der Waals surface area contributed by atoms with Gasteiger partial charge in [-0.05, 0) is 49.0 Å². The molecule has 0 bridgehead atoms. The zero-order chi connectivity index (χ0) is 16.7. The minimum Gasteiger partial charge on any atom is -0.381 e. The van der Waals surface area contributed by atoms with Crippen LogP contribution in [0.1, 0.15) is 24.8 Å². The molecule has 3 N–H and O–H groups in total. The van der Waals surface area contributed by atoms with E-state index in [0.717, 1.165) is 29.2 Å². The molecule has 23 heavy (non-hydrogen) atoms. The Morgan fingerprint density at radius 1 is 1.48 bits per heavy atom. The number of amides is 1. The van der Waals surface area contributed by atoms with E-state index in [9.17, 15) is 4.79 Å². The van der Waals surface area contributed by atoms with Crippen molar-refractivity contribution in [3.05, 3.63) is 34.9 Å². The van der Waals surface area contributed by atoms with Crippen molar-refractivity contribution in [3.63, 3.8) is 0 Å². The van der Waals surface area contributed by atoms with Gasteiger partial charge in [-0.3, -0.25) is 4.79 Å². The van der Waals surface area contributed by atoms with Crippen molar-refractivity contribution in [1.82, 2.24) is 5.32 Å². The molecule has 6 heteroatoms. The standard InChI is InChI=1S/C17H25ClN2O2S/c1-23-10-5-15(19)16(21)20-12-17(6-8-22-9-7-17)13-3-2-4-14(18)11-13/h2-4,11,15H,5-10,12,19H2,1H3,(H,20,21)/t15-/m0/s1. The van der Waals surface area contributed by atoms with Gasteiger partial charge in [0.2, 0.25) is 5.91 Å². The van der Waals surface area contributed by atoms with Crippen LogP contribution >= 0.6 is 23.4 Å². The number of ether oxygens (including phenoxy) is 1. The monoisotopic (exact) mass is 356 g/mol. The van der Waals surface area contributed by atoms with Crippen LogP contribution in [0.2, 0.25) is 5.02 Å². The Labute approximate surface area is 147 Å². The normalized spacial score (nSPS) is 18.4. The second-order valence-corrected chi connectivity index (χ2v) is 7.43. The largest absolute Gasteiger partial charge is 0.381 e. The fraction of sp³-hybridized carbons (Fsp3) is 0.588. The summed E-state index contributed by atoms with van der Waals surface area (Å²) in [5, 5.41) is 3.77. The van der Waals surface area contributed by atoms with Crippen LogP contribution in [0.15, 0.2) is 24.3 Å². The van der Waals surface area contributed by atoms with Gasteiger partial charge in [0.05, 0.1) is 6.04 Å². The number of halogens is 1. The van der Waals surface area contributed by atoms with Crippen molar-refractivity contribution in [2.24, 2.45) is 5.73 Å². The lowest BCUT2D eigenvalue weighted by Crippen LogP contribution is -2.49. The minimum atomic E-state index is -0.446. The Balaban J connectivity index is 2.06. The molecule has 128 valence electrons. The molecule has 1 saturated heterocycles. The summed E-state index contributed by atoms with van der Waals surface area (Å²) in [6, 6.07) is 7.46. The Morgan fingerprint density at radius 3 is 2.87 bits per heavy atom. The van der Waals surface area contributed by atoms with Crippen LogP contribution in [0, 0.1) is 0 Å². The maximum Gasteiger partial charge on any atom is 0.236 e. The molecule has 1 aromatic carbocycles. The van der Waals surface area contributed by atoms with E-state index in [0.29, 0.717) is 26.2 Å². The topological polar surface area (TPSA) is 64.4 Å². The van der Waals surface area contributed by atoms with Gasteiger partial charge in [-0.2, -0.15) is 11.8 Å². The summed E-state index contributed by atoms with van der Waals surface area (Å²) in [6.45, 7) is 1.96. The summed E-state index contributed by atoms with van der Waals surface area (Å²) < 4.78 is 5.51. The van der Waals surface area contributed by atoms with Crippen LogP contribution in [0.5, 0.6) is 0 Å². The molecule has 1 aliphatic heterocycles. The molecule has 1 amide bonds. The van der Waals surface area contributed by atoms with Gasteiger partial charge in [0.1, 0.15) is 0 Å². The molecule has 0 unspecified atom stereocenters. The molecular formula is C17H25ClN2O2S.